The number of benzene rings is 1. The molecule has 1 amide bonds. The molecule has 1 aliphatic rings. The van der Waals surface area contributed by atoms with Gasteiger partial charge in [0.1, 0.15) is 18.4 Å². The van der Waals surface area contributed by atoms with Gasteiger partial charge in [-0.2, -0.15) is 5.26 Å². The van der Waals surface area contributed by atoms with E-state index in [4.69, 9.17) is 26.3 Å². The first kappa shape index (κ1) is 19.5. The Morgan fingerprint density at radius 2 is 2.22 bits per heavy atom. The van der Waals surface area contributed by atoms with Crippen LogP contribution in [0.15, 0.2) is 29.9 Å². The van der Waals surface area contributed by atoms with Crippen LogP contribution >= 0.6 is 22.9 Å². The van der Waals surface area contributed by atoms with Crippen LogP contribution in [-0.2, 0) is 11.3 Å². The van der Waals surface area contributed by atoms with E-state index >= 15 is 0 Å². The number of carbonyl (C=O) groups is 1. The van der Waals surface area contributed by atoms with Gasteiger partial charge in [-0.1, -0.05) is 11.6 Å². The molecule has 6 nitrogen and oxygen atoms in total. The quantitative estimate of drug-likeness (QED) is 0.707. The first-order chi connectivity index (χ1) is 13.2. The SMILES string of the molecule is N#Cc1cc(Cl)ccc1OCCC1CCN(C(=O)OCc2cncs2)CC1. The second-order valence-corrected chi connectivity index (χ2v) is 7.75. The first-order valence-corrected chi connectivity index (χ1v) is 10.0. The number of hydrogen-bond donors (Lipinski definition) is 0. The van der Waals surface area contributed by atoms with Gasteiger partial charge in [-0.05, 0) is 43.4 Å². The summed E-state index contributed by atoms with van der Waals surface area (Å²) >= 11 is 7.36. The Balaban J connectivity index is 1.37. The number of piperidine rings is 1. The first-order valence-electron chi connectivity index (χ1n) is 8.77. The highest BCUT2D eigenvalue weighted by atomic mass is 35.5. The van der Waals surface area contributed by atoms with Gasteiger partial charge in [-0.15, -0.1) is 11.3 Å². The van der Waals surface area contributed by atoms with Crippen molar-refractivity contribution in [2.45, 2.75) is 25.9 Å². The number of rotatable bonds is 6. The fourth-order valence-corrected chi connectivity index (χ4v) is 3.67. The maximum atomic E-state index is 12.1. The van der Waals surface area contributed by atoms with Crippen LogP contribution in [0.25, 0.3) is 0 Å². The van der Waals surface area contributed by atoms with Crippen molar-refractivity contribution in [3.63, 3.8) is 0 Å². The highest BCUT2D eigenvalue weighted by Gasteiger charge is 2.24. The van der Waals surface area contributed by atoms with E-state index in [2.05, 4.69) is 11.1 Å². The predicted octanol–water partition coefficient (Wildman–Crippen LogP) is 4.49. The van der Waals surface area contributed by atoms with Crippen molar-refractivity contribution in [3.8, 4) is 11.8 Å². The lowest BCUT2D eigenvalue weighted by atomic mass is 9.94. The maximum Gasteiger partial charge on any atom is 0.410 e. The Kier molecular flexibility index (Phi) is 6.91. The molecule has 1 fully saturated rings. The molecule has 0 bridgehead atoms. The Labute approximate surface area is 167 Å². The third-order valence-electron chi connectivity index (χ3n) is 4.54. The van der Waals surface area contributed by atoms with Crippen LogP contribution in [0.2, 0.25) is 5.02 Å². The second-order valence-electron chi connectivity index (χ2n) is 6.34. The normalized spacial score (nSPS) is 14.6. The van der Waals surface area contributed by atoms with Crippen LogP contribution in [0.4, 0.5) is 4.79 Å². The lowest BCUT2D eigenvalue weighted by Crippen LogP contribution is -2.39. The summed E-state index contributed by atoms with van der Waals surface area (Å²) in [5.41, 5.74) is 2.17. The fourth-order valence-electron chi connectivity index (χ4n) is 2.99. The van der Waals surface area contributed by atoms with Crippen molar-refractivity contribution in [1.82, 2.24) is 9.88 Å². The molecule has 0 N–H and O–H groups in total. The van der Waals surface area contributed by atoms with E-state index in [9.17, 15) is 4.79 Å². The molecular weight excluding hydrogens is 386 g/mol. The average molecular weight is 406 g/mol. The van der Waals surface area contributed by atoms with Crippen molar-refractivity contribution in [3.05, 3.63) is 45.4 Å². The minimum atomic E-state index is -0.266. The molecule has 0 spiro atoms. The molecule has 0 aliphatic carbocycles. The van der Waals surface area contributed by atoms with E-state index in [1.807, 2.05) is 0 Å². The standard InChI is InChI=1S/C19H20ClN3O3S/c20-16-1-2-18(15(9-16)10-21)25-8-5-14-3-6-23(7-4-14)19(24)26-12-17-11-22-13-27-17/h1-2,9,11,13-14H,3-8,12H2. The molecule has 2 aromatic rings. The van der Waals surface area contributed by atoms with Gasteiger partial charge < -0.3 is 14.4 Å². The summed E-state index contributed by atoms with van der Waals surface area (Å²) < 4.78 is 11.1. The third-order valence-corrected chi connectivity index (χ3v) is 5.53. The van der Waals surface area contributed by atoms with Crippen molar-refractivity contribution >= 4 is 29.0 Å². The largest absolute Gasteiger partial charge is 0.492 e. The highest BCUT2D eigenvalue weighted by molar-refractivity contribution is 7.09. The Hall–Kier alpha value is -2.30. The Bertz CT molecular complexity index is 799. The van der Waals surface area contributed by atoms with E-state index in [-0.39, 0.29) is 12.7 Å². The van der Waals surface area contributed by atoms with Crippen LogP contribution in [0.3, 0.4) is 0 Å². The van der Waals surface area contributed by atoms with Crippen molar-refractivity contribution in [2.75, 3.05) is 19.7 Å². The zero-order valence-electron chi connectivity index (χ0n) is 14.8. The van der Waals surface area contributed by atoms with Crippen molar-refractivity contribution in [2.24, 2.45) is 5.92 Å². The lowest BCUT2D eigenvalue weighted by Gasteiger charge is -2.31. The minimum absolute atomic E-state index is 0.266. The molecule has 142 valence electrons. The van der Waals surface area contributed by atoms with E-state index in [0.29, 0.717) is 41.9 Å². The van der Waals surface area contributed by atoms with E-state index < -0.39 is 0 Å². The number of hydrogen-bond acceptors (Lipinski definition) is 6. The summed E-state index contributed by atoms with van der Waals surface area (Å²) in [6.07, 6.45) is 4.17. The predicted molar refractivity (Wildman–Crippen MR) is 103 cm³/mol. The summed E-state index contributed by atoms with van der Waals surface area (Å²) in [6, 6.07) is 7.14. The molecule has 8 heteroatoms. The number of nitriles is 1. The number of aromatic nitrogens is 1. The molecule has 0 saturated carbocycles. The smallest absolute Gasteiger partial charge is 0.410 e. The molecule has 0 unspecified atom stereocenters. The van der Waals surface area contributed by atoms with Crippen molar-refractivity contribution < 1.29 is 14.3 Å². The summed E-state index contributed by atoms with van der Waals surface area (Å²) in [4.78, 5) is 18.8. The fraction of sp³-hybridized carbons (Fsp3) is 0.421. The molecule has 27 heavy (non-hydrogen) atoms. The molecule has 2 heterocycles. The maximum absolute atomic E-state index is 12.1. The van der Waals surface area contributed by atoms with Crippen LogP contribution in [0.1, 0.15) is 29.7 Å². The highest BCUT2D eigenvalue weighted by Crippen LogP contribution is 2.25. The molecule has 1 aliphatic heterocycles. The van der Waals surface area contributed by atoms with Crippen LogP contribution in [-0.4, -0.2) is 35.7 Å². The Morgan fingerprint density at radius 1 is 1.41 bits per heavy atom. The van der Waals surface area contributed by atoms with E-state index in [1.165, 1.54) is 11.3 Å². The number of halogens is 1. The Morgan fingerprint density at radius 3 is 2.93 bits per heavy atom. The second kappa shape index (κ2) is 9.58. The van der Waals surface area contributed by atoms with Gasteiger partial charge in [0.25, 0.3) is 0 Å². The van der Waals surface area contributed by atoms with E-state index in [1.54, 1.807) is 34.8 Å². The average Bonchev–Trinajstić information content (AvgIpc) is 3.21. The van der Waals surface area contributed by atoms with Gasteiger partial charge in [0.15, 0.2) is 0 Å². The molecule has 1 aromatic heterocycles. The monoisotopic (exact) mass is 405 g/mol. The molecule has 0 atom stereocenters. The van der Waals surface area contributed by atoms with Gasteiger partial charge in [0.05, 0.1) is 22.6 Å². The number of carbonyl (C=O) groups excluding carboxylic acids is 1. The van der Waals surface area contributed by atoms with Crippen LogP contribution < -0.4 is 4.74 Å². The number of likely N-dealkylation sites (tertiary alicyclic amines) is 1. The number of ether oxygens (including phenoxy) is 2. The van der Waals surface area contributed by atoms with Gasteiger partial charge >= 0.3 is 6.09 Å². The topological polar surface area (TPSA) is 75.5 Å². The van der Waals surface area contributed by atoms with Gasteiger partial charge in [-0.3, -0.25) is 4.98 Å². The molecule has 3 rings (SSSR count). The van der Waals surface area contributed by atoms with Gasteiger partial charge in [0, 0.05) is 24.3 Å². The van der Waals surface area contributed by atoms with Crippen LogP contribution in [0.5, 0.6) is 5.75 Å². The van der Waals surface area contributed by atoms with E-state index in [0.717, 1.165) is 24.1 Å². The zero-order valence-corrected chi connectivity index (χ0v) is 16.3. The zero-order chi connectivity index (χ0) is 19.1. The summed E-state index contributed by atoms with van der Waals surface area (Å²) in [6.45, 7) is 2.20. The molecule has 1 aromatic carbocycles. The van der Waals surface area contributed by atoms with Crippen LogP contribution in [0, 0.1) is 17.2 Å². The number of amides is 1. The molecule has 0 radical (unpaired) electrons. The summed E-state index contributed by atoms with van der Waals surface area (Å²) in [7, 11) is 0. The lowest BCUT2D eigenvalue weighted by molar-refractivity contribution is 0.0807. The summed E-state index contributed by atoms with van der Waals surface area (Å²) in [5, 5.41) is 9.66. The van der Waals surface area contributed by atoms with Crippen molar-refractivity contribution in [1.29, 1.82) is 5.26 Å². The third kappa shape index (κ3) is 5.59. The minimum Gasteiger partial charge on any atom is -0.492 e. The van der Waals surface area contributed by atoms with Gasteiger partial charge in [0.2, 0.25) is 0 Å². The number of nitrogens with zero attached hydrogens (tertiary/aromatic N) is 3. The molecular formula is C19H20ClN3O3S. The molecule has 1 saturated heterocycles. The summed E-state index contributed by atoms with van der Waals surface area (Å²) in [5.74, 6) is 1.05. The number of thiazole rings is 1. The van der Waals surface area contributed by atoms with Gasteiger partial charge in [-0.25, -0.2) is 4.79 Å².